The van der Waals surface area contributed by atoms with Crippen molar-refractivity contribution in [3.63, 3.8) is 0 Å². The van der Waals surface area contributed by atoms with Gasteiger partial charge in [0.1, 0.15) is 0 Å². The van der Waals surface area contributed by atoms with Gasteiger partial charge in [0.05, 0.1) is 13.2 Å². The number of amides is 1. The second-order valence-corrected chi connectivity index (χ2v) is 21.4. The van der Waals surface area contributed by atoms with Crippen molar-refractivity contribution in [2.75, 3.05) is 72.1 Å². The standard InChI is InChI=1S/C58H112N2O9S/c1-7-12-17-18-33-50-70-58(63)60(51-52-40-42-59(6)43-41-52)53(34-23-25-36-54(61)64-44-31-19-21-38-56(66-46-27-13-8-2)67-47-28-14-9-3)35-24-26-37-55(62)65-45-32-20-22-39-57(68-48-29-15-10-4)69-49-30-16-11-5/h52-53,56-57H,7-51H2,1-6H3. The Balaban J connectivity index is 2.70. The van der Waals surface area contributed by atoms with Crippen molar-refractivity contribution in [2.24, 2.45) is 5.92 Å². The predicted molar refractivity (Wildman–Crippen MR) is 293 cm³/mol. The highest BCUT2D eigenvalue weighted by Crippen LogP contribution is 2.27. The van der Waals surface area contributed by atoms with Crippen LogP contribution in [0, 0.1) is 5.92 Å². The van der Waals surface area contributed by atoms with Crippen molar-refractivity contribution in [1.29, 1.82) is 0 Å². The Morgan fingerprint density at radius 1 is 0.471 bits per heavy atom. The minimum absolute atomic E-state index is 0.0805. The Kier molecular flexibility index (Phi) is 47.3. The van der Waals surface area contributed by atoms with E-state index in [1.54, 1.807) is 0 Å². The molecule has 11 nitrogen and oxygen atoms in total. The largest absolute Gasteiger partial charge is 0.466 e. The van der Waals surface area contributed by atoms with Gasteiger partial charge < -0.3 is 38.2 Å². The number of rotatable bonds is 51. The van der Waals surface area contributed by atoms with Crippen LogP contribution in [0.5, 0.6) is 0 Å². The number of unbranched alkanes of at least 4 members (excludes halogenated alkanes) is 18. The molecule has 0 aromatic heterocycles. The number of likely N-dealkylation sites (tertiary alicyclic amines) is 1. The maximum absolute atomic E-state index is 14.1. The normalized spacial score (nSPS) is 13.6. The highest BCUT2D eigenvalue weighted by Gasteiger charge is 2.28. The molecule has 0 saturated carbocycles. The Morgan fingerprint density at radius 2 is 0.843 bits per heavy atom. The first kappa shape index (κ1) is 66.6. The first-order valence-corrected chi connectivity index (χ1v) is 30.7. The van der Waals surface area contributed by atoms with E-state index in [1.807, 2.05) is 0 Å². The highest BCUT2D eigenvalue weighted by molar-refractivity contribution is 8.13. The number of thioether (sulfide) groups is 1. The minimum atomic E-state index is -0.141. The van der Waals surface area contributed by atoms with Crippen molar-refractivity contribution in [3.8, 4) is 0 Å². The van der Waals surface area contributed by atoms with Gasteiger partial charge in [-0.25, -0.2) is 0 Å². The number of ether oxygens (including phenoxy) is 6. The average molecular weight is 1010 g/mol. The fourth-order valence-corrected chi connectivity index (χ4v) is 9.90. The molecule has 0 radical (unpaired) electrons. The van der Waals surface area contributed by atoms with Gasteiger partial charge in [-0.3, -0.25) is 14.4 Å². The van der Waals surface area contributed by atoms with Gasteiger partial charge in [0.15, 0.2) is 12.6 Å². The van der Waals surface area contributed by atoms with Gasteiger partial charge in [0.2, 0.25) is 0 Å². The van der Waals surface area contributed by atoms with Crippen LogP contribution in [-0.4, -0.2) is 118 Å². The average Bonchev–Trinajstić information content (AvgIpc) is 3.36. The quantitative estimate of drug-likeness (QED) is 0.0330. The third-order valence-electron chi connectivity index (χ3n) is 13.7. The van der Waals surface area contributed by atoms with Gasteiger partial charge in [0, 0.05) is 57.6 Å². The van der Waals surface area contributed by atoms with E-state index < -0.39 is 0 Å². The van der Waals surface area contributed by atoms with Gasteiger partial charge in [-0.15, -0.1) is 0 Å². The molecule has 12 heteroatoms. The van der Waals surface area contributed by atoms with Crippen molar-refractivity contribution in [2.45, 2.75) is 278 Å². The molecule has 414 valence electrons. The maximum atomic E-state index is 14.1. The zero-order chi connectivity index (χ0) is 51.0. The third kappa shape index (κ3) is 40.0. The van der Waals surface area contributed by atoms with E-state index >= 15 is 0 Å². The van der Waals surface area contributed by atoms with Gasteiger partial charge in [-0.2, -0.15) is 0 Å². The fourth-order valence-electron chi connectivity index (χ4n) is 8.99. The lowest BCUT2D eigenvalue weighted by atomic mass is 9.94. The zero-order valence-corrected chi connectivity index (χ0v) is 47.4. The van der Waals surface area contributed by atoms with Crippen molar-refractivity contribution in [1.82, 2.24) is 9.80 Å². The lowest BCUT2D eigenvalue weighted by Crippen LogP contribution is -2.44. The molecule has 0 aliphatic carbocycles. The lowest BCUT2D eigenvalue weighted by Gasteiger charge is -2.37. The maximum Gasteiger partial charge on any atom is 0.305 e. The first-order chi connectivity index (χ1) is 34.3. The van der Waals surface area contributed by atoms with Crippen LogP contribution >= 0.6 is 11.8 Å². The summed E-state index contributed by atoms with van der Waals surface area (Å²) in [5.41, 5.74) is 0. The number of carbonyl (C=O) groups is 3. The van der Waals surface area contributed by atoms with E-state index in [9.17, 15) is 14.4 Å². The molecule has 1 aliphatic rings. The van der Waals surface area contributed by atoms with Crippen LogP contribution in [0.25, 0.3) is 0 Å². The zero-order valence-electron chi connectivity index (χ0n) is 46.6. The first-order valence-electron chi connectivity index (χ1n) is 29.7. The van der Waals surface area contributed by atoms with E-state index in [2.05, 4.69) is 51.5 Å². The molecule has 0 spiro atoms. The molecule has 1 rings (SSSR count). The predicted octanol–water partition coefficient (Wildman–Crippen LogP) is 15.6. The molecule has 1 amide bonds. The SMILES string of the molecule is CCCCCCCSC(=O)N(CC1CCN(C)CC1)C(CCCCC(=O)OCCCCCC(OCCCCC)OCCCCC)CCCCC(=O)OCCCCCC(OCCCCC)OCCCCC. The summed E-state index contributed by atoms with van der Waals surface area (Å²) >= 11 is 1.50. The summed E-state index contributed by atoms with van der Waals surface area (Å²) in [6.45, 7) is 17.9. The van der Waals surface area contributed by atoms with E-state index in [0.717, 1.165) is 187 Å². The van der Waals surface area contributed by atoms with Gasteiger partial charge in [0.25, 0.3) is 5.24 Å². The smallest absolute Gasteiger partial charge is 0.305 e. The van der Waals surface area contributed by atoms with Crippen LogP contribution in [0.1, 0.15) is 259 Å². The molecule has 0 atom stereocenters. The van der Waals surface area contributed by atoms with E-state index in [4.69, 9.17) is 28.4 Å². The summed E-state index contributed by atoms with van der Waals surface area (Å²) < 4.78 is 35.7. The molecule has 70 heavy (non-hydrogen) atoms. The van der Waals surface area contributed by atoms with Crippen LogP contribution in [0.4, 0.5) is 4.79 Å². The van der Waals surface area contributed by atoms with Crippen LogP contribution in [-0.2, 0) is 38.0 Å². The summed E-state index contributed by atoms with van der Waals surface area (Å²) in [5, 5.41) is 0.202. The van der Waals surface area contributed by atoms with Crippen molar-refractivity contribution >= 4 is 28.9 Å². The van der Waals surface area contributed by atoms with E-state index in [-0.39, 0.29) is 35.8 Å². The van der Waals surface area contributed by atoms with Gasteiger partial charge in [-0.05, 0) is 148 Å². The summed E-state index contributed by atoms with van der Waals surface area (Å²) in [6, 6.07) is 0.0805. The minimum Gasteiger partial charge on any atom is -0.466 e. The van der Waals surface area contributed by atoms with Crippen molar-refractivity contribution in [3.05, 3.63) is 0 Å². The summed E-state index contributed by atoms with van der Waals surface area (Å²) in [6.07, 6.45) is 34.6. The number of hydrogen-bond donors (Lipinski definition) is 0. The third-order valence-corrected chi connectivity index (χ3v) is 14.7. The van der Waals surface area contributed by atoms with Gasteiger partial charge in [-0.1, -0.05) is 136 Å². The number of nitrogens with zero attached hydrogens (tertiary/aromatic N) is 2. The monoisotopic (exact) mass is 1010 g/mol. The molecule has 0 N–H and O–H groups in total. The molecule has 0 aromatic rings. The van der Waals surface area contributed by atoms with Crippen LogP contribution < -0.4 is 0 Å². The number of esters is 2. The second kappa shape index (κ2) is 49.8. The van der Waals surface area contributed by atoms with Crippen molar-refractivity contribution < 1.29 is 42.8 Å². The Bertz CT molecular complexity index is 1090. The van der Waals surface area contributed by atoms with Crippen LogP contribution in [0.15, 0.2) is 0 Å². The molecule has 1 fully saturated rings. The second-order valence-electron chi connectivity index (χ2n) is 20.4. The summed E-state index contributed by atoms with van der Waals surface area (Å²) in [7, 11) is 2.19. The number of hydrogen-bond acceptors (Lipinski definition) is 11. The molecule has 0 aromatic carbocycles. The molecule has 1 heterocycles. The molecule has 1 saturated heterocycles. The Hall–Kier alpha value is -1.44. The molecule has 1 aliphatic heterocycles. The number of carbonyl (C=O) groups excluding carboxylic acids is 3. The van der Waals surface area contributed by atoms with E-state index in [1.165, 1.54) is 88.8 Å². The molecular formula is C58H112N2O9S. The molecular weight excluding hydrogens is 901 g/mol. The van der Waals surface area contributed by atoms with Gasteiger partial charge >= 0.3 is 11.9 Å². The molecule has 0 unspecified atom stereocenters. The lowest BCUT2D eigenvalue weighted by molar-refractivity contribution is -0.148. The summed E-state index contributed by atoms with van der Waals surface area (Å²) in [5.74, 6) is 1.08. The Labute approximate surface area is 435 Å². The highest BCUT2D eigenvalue weighted by atomic mass is 32.2. The fraction of sp³-hybridized carbons (Fsp3) is 0.948. The summed E-state index contributed by atoms with van der Waals surface area (Å²) in [4.78, 5) is 44.5. The van der Waals surface area contributed by atoms with Crippen LogP contribution in [0.2, 0.25) is 0 Å². The Morgan fingerprint density at radius 3 is 1.27 bits per heavy atom. The topological polar surface area (TPSA) is 113 Å². The molecule has 0 bridgehead atoms. The van der Waals surface area contributed by atoms with E-state index in [0.29, 0.717) is 32.0 Å². The number of piperidine rings is 1. The van der Waals surface area contributed by atoms with Crippen LogP contribution in [0.3, 0.4) is 0 Å².